The molecule has 1 heterocycles. The first kappa shape index (κ1) is 17.5. The van der Waals surface area contributed by atoms with E-state index < -0.39 is 23.2 Å². The highest BCUT2D eigenvalue weighted by atomic mass is 19.1. The van der Waals surface area contributed by atoms with Crippen LogP contribution in [-0.4, -0.2) is 25.1 Å². The summed E-state index contributed by atoms with van der Waals surface area (Å²) in [5, 5.41) is 10.9. The van der Waals surface area contributed by atoms with E-state index in [0.29, 0.717) is 11.5 Å². The Balaban J connectivity index is 2.10. The van der Waals surface area contributed by atoms with Gasteiger partial charge in [-0.15, -0.1) is 0 Å². The third-order valence-corrected chi connectivity index (χ3v) is 3.83. The third-order valence-electron chi connectivity index (χ3n) is 3.83. The highest BCUT2D eigenvalue weighted by Gasteiger charge is 2.26. The van der Waals surface area contributed by atoms with Crippen LogP contribution in [0.2, 0.25) is 0 Å². The van der Waals surface area contributed by atoms with Gasteiger partial charge in [-0.1, -0.05) is 0 Å². The second kappa shape index (κ2) is 6.87. The lowest BCUT2D eigenvalue weighted by Gasteiger charge is -2.13. The molecule has 0 atom stereocenters. The van der Waals surface area contributed by atoms with Gasteiger partial charge in [-0.3, -0.25) is 4.79 Å². The fraction of sp³-hybridized carbons (Fsp3) is 0.105. The Morgan fingerprint density at radius 1 is 1.15 bits per heavy atom. The number of ether oxygens (including phenoxy) is 2. The first-order valence-electron chi connectivity index (χ1n) is 7.49. The number of carbonyl (C=O) groups is 1. The highest BCUT2D eigenvalue weighted by Crippen LogP contribution is 2.45. The largest absolute Gasteiger partial charge is 0.504 e. The molecule has 0 fully saturated rings. The number of phenols is 1. The van der Waals surface area contributed by atoms with Crippen molar-refractivity contribution in [2.75, 3.05) is 14.2 Å². The summed E-state index contributed by atoms with van der Waals surface area (Å²) in [7, 11) is 2.66. The Bertz CT molecular complexity index is 1020. The maximum atomic E-state index is 13.7. The van der Waals surface area contributed by atoms with Crippen LogP contribution in [0.1, 0.15) is 15.9 Å². The number of aromatic hydroxyl groups is 1. The Morgan fingerprint density at radius 2 is 1.88 bits per heavy atom. The van der Waals surface area contributed by atoms with Gasteiger partial charge in [-0.2, -0.15) is 0 Å². The summed E-state index contributed by atoms with van der Waals surface area (Å²) in [6.45, 7) is 0. The lowest BCUT2D eigenvalue weighted by molar-refractivity contribution is 0.104. The molecule has 0 amide bonds. The van der Waals surface area contributed by atoms with Gasteiger partial charge >= 0.3 is 0 Å². The number of hydrogen-bond donors (Lipinski definition) is 1. The molecule has 2 aromatic carbocycles. The molecule has 0 unspecified atom stereocenters. The van der Waals surface area contributed by atoms with E-state index in [2.05, 4.69) is 0 Å². The zero-order valence-electron chi connectivity index (χ0n) is 13.9. The Labute approximate surface area is 147 Å². The molecule has 0 saturated carbocycles. The molecule has 0 saturated heterocycles. The van der Waals surface area contributed by atoms with Crippen LogP contribution in [0.4, 0.5) is 8.78 Å². The predicted octanol–water partition coefficient (Wildman–Crippen LogP) is 4.33. The van der Waals surface area contributed by atoms with Crippen LogP contribution in [-0.2, 0) is 0 Å². The van der Waals surface area contributed by atoms with Gasteiger partial charge in [0.1, 0.15) is 22.9 Å². The monoisotopic (exact) mass is 360 g/mol. The first-order valence-corrected chi connectivity index (χ1v) is 7.49. The summed E-state index contributed by atoms with van der Waals surface area (Å²) >= 11 is 0. The van der Waals surface area contributed by atoms with E-state index in [-0.39, 0.29) is 28.2 Å². The van der Waals surface area contributed by atoms with E-state index in [9.17, 15) is 18.7 Å². The number of carbonyl (C=O) groups excluding carboxylic acids is 1. The van der Waals surface area contributed by atoms with E-state index in [1.807, 2.05) is 0 Å². The molecule has 0 aliphatic carbocycles. The molecule has 0 aliphatic heterocycles. The minimum atomic E-state index is -0.812. The smallest absolute Gasteiger partial charge is 0.205 e. The number of fused-ring (bicyclic) bond motifs is 1. The molecule has 3 rings (SSSR count). The number of benzene rings is 2. The Morgan fingerprint density at radius 3 is 2.54 bits per heavy atom. The number of halogens is 2. The standard InChI is InChI=1S/C19H14F2O5/c1-24-17-12-7-8-26-18(12)19(25-2)16(23)15(17)14(22)6-4-10-3-5-11(20)9-13(10)21/h3-9,23H,1-2H3/b6-4+. The fourth-order valence-electron chi connectivity index (χ4n) is 2.64. The van der Waals surface area contributed by atoms with Gasteiger partial charge in [-0.25, -0.2) is 8.78 Å². The van der Waals surface area contributed by atoms with Gasteiger partial charge < -0.3 is 19.0 Å². The molecule has 1 N–H and O–H groups in total. The molecule has 134 valence electrons. The minimum Gasteiger partial charge on any atom is -0.504 e. The van der Waals surface area contributed by atoms with Crippen LogP contribution in [0.15, 0.2) is 41.0 Å². The predicted molar refractivity (Wildman–Crippen MR) is 90.7 cm³/mol. The van der Waals surface area contributed by atoms with Crippen LogP contribution < -0.4 is 9.47 Å². The lowest BCUT2D eigenvalue weighted by Crippen LogP contribution is -2.02. The quantitative estimate of drug-likeness (QED) is 0.542. The summed E-state index contributed by atoms with van der Waals surface area (Å²) < 4.78 is 42.3. The molecule has 26 heavy (non-hydrogen) atoms. The van der Waals surface area contributed by atoms with Gasteiger partial charge in [0.15, 0.2) is 17.1 Å². The van der Waals surface area contributed by atoms with Crippen molar-refractivity contribution >= 4 is 22.8 Å². The van der Waals surface area contributed by atoms with E-state index >= 15 is 0 Å². The molecule has 3 aromatic rings. The molecule has 7 heteroatoms. The van der Waals surface area contributed by atoms with E-state index in [1.54, 1.807) is 6.07 Å². The molecule has 0 spiro atoms. The molecule has 0 aliphatic rings. The topological polar surface area (TPSA) is 68.9 Å². The zero-order valence-corrected chi connectivity index (χ0v) is 13.9. The average Bonchev–Trinajstić information content (AvgIpc) is 3.08. The van der Waals surface area contributed by atoms with Crippen LogP contribution in [0.25, 0.3) is 17.0 Å². The number of hydrogen-bond acceptors (Lipinski definition) is 5. The van der Waals surface area contributed by atoms with Gasteiger partial charge in [0.25, 0.3) is 0 Å². The van der Waals surface area contributed by atoms with Crippen molar-refractivity contribution in [1.29, 1.82) is 0 Å². The average molecular weight is 360 g/mol. The lowest BCUT2D eigenvalue weighted by atomic mass is 10.0. The second-order valence-electron chi connectivity index (χ2n) is 5.32. The molecular weight excluding hydrogens is 346 g/mol. The van der Waals surface area contributed by atoms with Crippen LogP contribution in [0, 0.1) is 11.6 Å². The second-order valence-corrected chi connectivity index (χ2v) is 5.32. The number of ketones is 1. The van der Waals surface area contributed by atoms with Crippen LogP contribution in [0.5, 0.6) is 17.2 Å². The van der Waals surface area contributed by atoms with Crippen molar-refractivity contribution in [1.82, 2.24) is 0 Å². The third kappa shape index (κ3) is 2.88. The molecular formula is C19H14F2O5. The number of methoxy groups -OCH3 is 2. The first-order chi connectivity index (χ1) is 12.5. The summed E-state index contributed by atoms with van der Waals surface area (Å²) in [6, 6.07) is 4.55. The fourth-order valence-corrected chi connectivity index (χ4v) is 2.64. The van der Waals surface area contributed by atoms with E-state index in [0.717, 1.165) is 12.1 Å². The van der Waals surface area contributed by atoms with Crippen molar-refractivity contribution in [2.24, 2.45) is 0 Å². The maximum Gasteiger partial charge on any atom is 0.205 e. The maximum absolute atomic E-state index is 13.7. The van der Waals surface area contributed by atoms with Crippen LogP contribution in [0.3, 0.4) is 0 Å². The van der Waals surface area contributed by atoms with Crippen molar-refractivity contribution in [3.05, 3.63) is 59.4 Å². The minimum absolute atomic E-state index is 0.0180. The molecule has 0 bridgehead atoms. The summed E-state index contributed by atoms with van der Waals surface area (Å²) in [4.78, 5) is 12.6. The van der Waals surface area contributed by atoms with Crippen molar-refractivity contribution in [2.45, 2.75) is 0 Å². The summed E-state index contributed by atoms with van der Waals surface area (Å²) in [5.74, 6) is -2.56. The Hall–Kier alpha value is -3.35. The number of allylic oxidation sites excluding steroid dienone is 1. The van der Waals surface area contributed by atoms with Gasteiger partial charge in [0.2, 0.25) is 5.75 Å². The highest BCUT2D eigenvalue weighted by molar-refractivity contribution is 6.15. The van der Waals surface area contributed by atoms with Gasteiger partial charge in [-0.05, 0) is 30.4 Å². The number of rotatable bonds is 5. The van der Waals surface area contributed by atoms with E-state index in [1.165, 1.54) is 32.6 Å². The molecule has 0 radical (unpaired) electrons. The summed E-state index contributed by atoms with van der Waals surface area (Å²) in [6.07, 6.45) is 3.61. The van der Waals surface area contributed by atoms with Gasteiger partial charge in [0.05, 0.1) is 25.9 Å². The molecule has 5 nitrogen and oxygen atoms in total. The Kier molecular flexibility index (Phi) is 4.62. The normalized spacial score (nSPS) is 11.2. The van der Waals surface area contributed by atoms with Crippen molar-refractivity contribution in [3.8, 4) is 17.2 Å². The van der Waals surface area contributed by atoms with E-state index in [4.69, 9.17) is 13.9 Å². The zero-order chi connectivity index (χ0) is 18.8. The van der Waals surface area contributed by atoms with Crippen molar-refractivity contribution in [3.63, 3.8) is 0 Å². The number of phenolic OH excluding ortho intramolecular Hbond substituents is 1. The SMILES string of the molecule is COc1c(C(=O)/C=C/c2ccc(F)cc2F)c(O)c(OC)c2occc12. The molecule has 1 aromatic heterocycles. The van der Waals surface area contributed by atoms with Crippen molar-refractivity contribution < 1.29 is 32.6 Å². The van der Waals surface area contributed by atoms with Gasteiger partial charge in [0, 0.05) is 11.6 Å². The number of furan rings is 1. The van der Waals surface area contributed by atoms with Crippen LogP contribution >= 0.6 is 0 Å². The summed E-state index contributed by atoms with van der Waals surface area (Å²) in [5.41, 5.74) is 0.0959.